The lowest BCUT2D eigenvalue weighted by atomic mass is 10.1. The van der Waals surface area contributed by atoms with Gasteiger partial charge in [0.15, 0.2) is 0 Å². The molecule has 0 aromatic heterocycles. The Bertz CT molecular complexity index is 924. The summed E-state index contributed by atoms with van der Waals surface area (Å²) in [6, 6.07) is 8.80. The van der Waals surface area contributed by atoms with Crippen molar-refractivity contribution in [2.75, 3.05) is 5.32 Å². The van der Waals surface area contributed by atoms with Crippen molar-refractivity contribution in [2.45, 2.75) is 13.0 Å². The zero-order chi connectivity index (χ0) is 19.0. The van der Waals surface area contributed by atoms with Crippen LogP contribution in [0.2, 0.25) is 5.02 Å². The highest BCUT2D eigenvalue weighted by Crippen LogP contribution is 2.28. The summed E-state index contributed by atoms with van der Waals surface area (Å²) in [5.41, 5.74) is 0.406. The Morgan fingerprint density at radius 2 is 1.73 bits per heavy atom. The molecule has 132 valence electrons. The van der Waals surface area contributed by atoms with E-state index in [-0.39, 0.29) is 27.5 Å². The highest BCUT2D eigenvalue weighted by Gasteiger charge is 2.40. The molecule has 1 N–H and O–H groups in total. The number of nitrogens with one attached hydrogen (secondary N) is 1. The van der Waals surface area contributed by atoms with Crippen LogP contribution in [0.25, 0.3) is 0 Å². The lowest BCUT2D eigenvalue weighted by Crippen LogP contribution is -2.45. The van der Waals surface area contributed by atoms with E-state index in [9.17, 15) is 24.5 Å². The molecule has 1 atom stereocenters. The van der Waals surface area contributed by atoms with Crippen LogP contribution >= 0.6 is 11.6 Å². The Balaban J connectivity index is 1.80. The first-order valence-corrected chi connectivity index (χ1v) is 7.90. The van der Waals surface area contributed by atoms with Gasteiger partial charge in [-0.15, -0.1) is 0 Å². The third-order valence-corrected chi connectivity index (χ3v) is 4.33. The minimum Gasteiger partial charge on any atom is -0.323 e. The molecule has 26 heavy (non-hydrogen) atoms. The summed E-state index contributed by atoms with van der Waals surface area (Å²) in [5, 5.41) is 13.2. The van der Waals surface area contributed by atoms with Gasteiger partial charge in [-0.1, -0.05) is 23.7 Å². The van der Waals surface area contributed by atoms with Crippen LogP contribution in [-0.2, 0) is 4.79 Å². The number of halogens is 1. The zero-order valence-electron chi connectivity index (χ0n) is 13.4. The number of benzene rings is 2. The van der Waals surface area contributed by atoms with Gasteiger partial charge in [0.05, 0.1) is 26.8 Å². The van der Waals surface area contributed by atoms with E-state index in [1.54, 1.807) is 12.1 Å². The molecule has 0 spiro atoms. The number of carbonyl (C=O) groups excluding carboxylic acids is 3. The Kier molecular flexibility index (Phi) is 4.43. The normalized spacial score (nSPS) is 14.2. The van der Waals surface area contributed by atoms with Crippen molar-refractivity contribution in [3.63, 3.8) is 0 Å². The Morgan fingerprint density at radius 1 is 1.15 bits per heavy atom. The molecule has 8 nitrogen and oxygen atoms in total. The molecule has 2 aromatic rings. The number of rotatable bonds is 4. The van der Waals surface area contributed by atoms with Crippen molar-refractivity contribution in [1.29, 1.82) is 0 Å². The minimum atomic E-state index is -1.09. The predicted octanol–water partition coefficient (Wildman–Crippen LogP) is 2.87. The molecule has 1 heterocycles. The molecular weight excluding hydrogens is 362 g/mol. The van der Waals surface area contributed by atoms with Gasteiger partial charge in [-0.3, -0.25) is 29.4 Å². The SMILES string of the molecule is CC(C(=O)Nc1ccc([N+](=O)[O-])cc1Cl)N1C(=O)c2ccccc2C1=O. The second-order valence-electron chi connectivity index (χ2n) is 5.61. The number of non-ortho nitro benzene ring substituents is 1. The molecule has 9 heteroatoms. The molecule has 1 unspecified atom stereocenters. The van der Waals surface area contributed by atoms with Crippen LogP contribution in [0.4, 0.5) is 11.4 Å². The van der Waals surface area contributed by atoms with E-state index in [1.807, 2.05) is 0 Å². The topological polar surface area (TPSA) is 110 Å². The molecule has 1 aliphatic rings. The highest BCUT2D eigenvalue weighted by molar-refractivity contribution is 6.34. The Morgan fingerprint density at radius 3 is 2.23 bits per heavy atom. The number of carbonyl (C=O) groups is 3. The van der Waals surface area contributed by atoms with Crippen molar-refractivity contribution in [1.82, 2.24) is 4.90 Å². The van der Waals surface area contributed by atoms with Crippen molar-refractivity contribution in [3.05, 3.63) is 68.7 Å². The molecule has 0 saturated carbocycles. The lowest BCUT2D eigenvalue weighted by molar-refractivity contribution is -0.384. The summed E-state index contributed by atoms with van der Waals surface area (Å²) in [6.45, 7) is 1.41. The molecule has 0 radical (unpaired) electrons. The number of hydrogen-bond acceptors (Lipinski definition) is 5. The fourth-order valence-corrected chi connectivity index (χ4v) is 2.86. The zero-order valence-corrected chi connectivity index (χ0v) is 14.2. The maximum absolute atomic E-state index is 12.5. The monoisotopic (exact) mass is 373 g/mol. The summed E-state index contributed by atoms with van der Waals surface area (Å²) in [5.74, 6) is -1.75. The largest absolute Gasteiger partial charge is 0.323 e. The van der Waals surface area contributed by atoms with Crippen LogP contribution in [0.5, 0.6) is 0 Å². The second kappa shape index (κ2) is 6.57. The average Bonchev–Trinajstić information content (AvgIpc) is 2.87. The van der Waals surface area contributed by atoms with Crippen LogP contribution in [-0.4, -0.2) is 33.6 Å². The van der Waals surface area contributed by atoms with E-state index in [1.165, 1.54) is 31.2 Å². The quantitative estimate of drug-likeness (QED) is 0.503. The van der Waals surface area contributed by atoms with Gasteiger partial charge >= 0.3 is 0 Å². The van der Waals surface area contributed by atoms with Crippen LogP contribution in [0.3, 0.4) is 0 Å². The molecule has 0 saturated heterocycles. The first-order valence-electron chi connectivity index (χ1n) is 7.53. The van der Waals surface area contributed by atoms with Crippen LogP contribution in [0, 0.1) is 10.1 Å². The number of nitro benzene ring substituents is 1. The van der Waals surface area contributed by atoms with Crippen LogP contribution in [0.1, 0.15) is 27.6 Å². The Labute approximate surface area is 152 Å². The van der Waals surface area contributed by atoms with Gasteiger partial charge in [-0.05, 0) is 25.1 Å². The number of nitro groups is 1. The third-order valence-electron chi connectivity index (χ3n) is 4.01. The second-order valence-corrected chi connectivity index (χ2v) is 6.02. The van der Waals surface area contributed by atoms with E-state index in [0.717, 1.165) is 11.0 Å². The van der Waals surface area contributed by atoms with Crippen molar-refractivity contribution < 1.29 is 19.3 Å². The van der Waals surface area contributed by atoms with Gasteiger partial charge in [0.2, 0.25) is 5.91 Å². The fraction of sp³-hybridized carbons (Fsp3) is 0.118. The molecule has 3 amide bonds. The number of fused-ring (bicyclic) bond motifs is 1. The molecule has 1 aliphatic heterocycles. The molecule has 0 bridgehead atoms. The predicted molar refractivity (Wildman–Crippen MR) is 93.1 cm³/mol. The number of hydrogen-bond donors (Lipinski definition) is 1. The van der Waals surface area contributed by atoms with Gasteiger partial charge in [-0.2, -0.15) is 0 Å². The molecule has 0 aliphatic carbocycles. The van der Waals surface area contributed by atoms with Gasteiger partial charge in [0, 0.05) is 12.1 Å². The summed E-state index contributed by atoms with van der Waals surface area (Å²) >= 11 is 5.95. The smallest absolute Gasteiger partial charge is 0.271 e. The van der Waals surface area contributed by atoms with E-state index >= 15 is 0 Å². The van der Waals surface area contributed by atoms with E-state index in [2.05, 4.69) is 5.32 Å². The number of imide groups is 1. The number of nitrogens with zero attached hydrogens (tertiary/aromatic N) is 2. The Hall–Kier alpha value is -3.26. The molecule has 2 aromatic carbocycles. The highest BCUT2D eigenvalue weighted by atomic mass is 35.5. The van der Waals surface area contributed by atoms with E-state index in [4.69, 9.17) is 11.6 Å². The molecule has 0 fully saturated rings. The first-order chi connectivity index (χ1) is 12.3. The van der Waals surface area contributed by atoms with Gasteiger partial charge in [-0.25, -0.2) is 0 Å². The van der Waals surface area contributed by atoms with Gasteiger partial charge in [0.1, 0.15) is 6.04 Å². The number of anilines is 1. The summed E-state index contributed by atoms with van der Waals surface area (Å²) in [4.78, 5) is 48.3. The van der Waals surface area contributed by atoms with Crippen molar-refractivity contribution in [2.24, 2.45) is 0 Å². The standard InChI is InChI=1S/C17H12ClN3O5/c1-9(20-16(23)11-4-2-3-5-12(11)17(20)24)15(22)19-14-7-6-10(21(25)26)8-13(14)18/h2-9H,1H3,(H,19,22). The van der Waals surface area contributed by atoms with Crippen LogP contribution < -0.4 is 5.32 Å². The first kappa shape index (κ1) is 17.6. The van der Waals surface area contributed by atoms with Crippen LogP contribution in [0.15, 0.2) is 42.5 Å². The number of amides is 3. The van der Waals surface area contributed by atoms with Crippen molar-refractivity contribution >= 4 is 40.7 Å². The minimum absolute atomic E-state index is 0.0258. The van der Waals surface area contributed by atoms with Gasteiger partial charge < -0.3 is 5.32 Å². The third kappa shape index (κ3) is 2.91. The average molecular weight is 374 g/mol. The van der Waals surface area contributed by atoms with Gasteiger partial charge in [0.25, 0.3) is 17.5 Å². The van der Waals surface area contributed by atoms with Crippen molar-refractivity contribution in [3.8, 4) is 0 Å². The molecule has 3 rings (SSSR count). The summed E-state index contributed by atoms with van der Waals surface area (Å²) in [6.07, 6.45) is 0. The maximum atomic E-state index is 12.5. The lowest BCUT2D eigenvalue weighted by Gasteiger charge is -2.21. The molecular formula is C17H12ClN3O5. The summed E-state index contributed by atoms with van der Waals surface area (Å²) in [7, 11) is 0. The fourth-order valence-electron chi connectivity index (χ4n) is 2.63. The van der Waals surface area contributed by atoms with E-state index < -0.39 is 28.7 Å². The summed E-state index contributed by atoms with van der Waals surface area (Å²) < 4.78 is 0. The van der Waals surface area contributed by atoms with E-state index in [0.29, 0.717) is 0 Å². The maximum Gasteiger partial charge on any atom is 0.271 e.